The normalized spacial score (nSPS) is 9.47. The van der Waals surface area contributed by atoms with Crippen molar-refractivity contribution in [2.75, 3.05) is 6.54 Å². The highest BCUT2D eigenvalue weighted by Crippen LogP contribution is 2.02. The largest absolute Gasteiger partial charge is 0.352 e. The van der Waals surface area contributed by atoms with Gasteiger partial charge in [-0.05, 0) is 19.1 Å². The molecule has 6 nitrogen and oxygen atoms in total. The first-order valence-electron chi connectivity index (χ1n) is 5.13. The quantitative estimate of drug-likeness (QED) is 0.527. The average Bonchev–Trinajstić information content (AvgIpc) is 2.30. The maximum atomic E-state index is 11.6. The lowest BCUT2D eigenvalue weighted by molar-refractivity contribution is -0.121. The Morgan fingerprint density at radius 3 is 2.53 bits per heavy atom. The Bertz CT molecular complexity index is 414. The molecule has 6 heteroatoms. The highest BCUT2D eigenvalue weighted by atomic mass is 16.2. The Labute approximate surface area is 98.9 Å². The van der Waals surface area contributed by atoms with E-state index in [1.54, 1.807) is 12.1 Å². The fourth-order valence-corrected chi connectivity index (χ4v) is 1.21. The zero-order valence-electron chi connectivity index (χ0n) is 9.49. The maximum absolute atomic E-state index is 11.6. The van der Waals surface area contributed by atoms with Crippen molar-refractivity contribution < 1.29 is 9.59 Å². The summed E-state index contributed by atoms with van der Waals surface area (Å²) in [5.41, 5.74) is 10.0. The number of rotatable bonds is 5. The van der Waals surface area contributed by atoms with Gasteiger partial charge in [0, 0.05) is 18.5 Å². The molecule has 0 spiro atoms. The van der Waals surface area contributed by atoms with Crippen molar-refractivity contribution >= 4 is 11.8 Å². The lowest BCUT2D eigenvalue weighted by Gasteiger charge is -2.04. The van der Waals surface area contributed by atoms with E-state index >= 15 is 0 Å². The Kier molecular flexibility index (Phi) is 4.80. The maximum Gasteiger partial charge on any atom is 0.251 e. The third kappa shape index (κ3) is 4.42. The summed E-state index contributed by atoms with van der Waals surface area (Å²) in [4.78, 5) is 22.5. The molecule has 0 atom stereocenters. The molecule has 0 aromatic heterocycles. The fraction of sp³-hybridized carbons (Fsp3) is 0.273. The van der Waals surface area contributed by atoms with E-state index in [-0.39, 0.29) is 18.9 Å². The monoisotopic (exact) mass is 234 g/mol. The Hall–Kier alpha value is -2.24. The van der Waals surface area contributed by atoms with Crippen molar-refractivity contribution in [3.05, 3.63) is 35.4 Å². The van der Waals surface area contributed by atoms with Crippen molar-refractivity contribution in [1.82, 2.24) is 10.7 Å². The standard InChI is InChI=1S/C11H14N4O2/c1-8-2-4-9(5-3-8)11(17)13-7-6-10(16)14-15-12/h2-5H,6-7H2,1H3,(H,13,17)(H2,12,14,16). The second-order valence-electron chi connectivity index (χ2n) is 3.52. The van der Waals surface area contributed by atoms with Crippen LogP contribution in [0.3, 0.4) is 0 Å². The number of hydrogen-bond acceptors (Lipinski definition) is 4. The highest BCUT2D eigenvalue weighted by molar-refractivity contribution is 5.94. The first-order valence-corrected chi connectivity index (χ1v) is 5.13. The highest BCUT2D eigenvalue weighted by Gasteiger charge is 2.05. The van der Waals surface area contributed by atoms with Gasteiger partial charge in [-0.2, -0.15) is 5.53 Å². The zero-order valence-corrected chi connectivity index (χ0v) is 9.49. The van der Waals surface area contributed by atoms with E-state index in [9.17, 15) is 9.59 Å². The number of aryl methyl sites for hydroxylation is 1. The van der Waals surface area contributed by atoms with E-state index < -0.39 is 5.91 Å². The molecule has 17 heavy (non-hydrogen) atoms. The Morgan fingerprint density at radius 1 is 1.29 bits per heavy atom. The van der Waals surface area contributed by atoms with E-state index in [1.807, 2.05) is 24.5 Å². The summed E-state index contributed by atoms with van der Waals surface area (Å²) in [6.45, 7) is 2.16. The summed E-state index contributed by atoms with van der Waals surface area (Å²) in [5, 5.41) is 5.34. The molecule has 90 valence electrons. The predicted octanol–water partition coefficient (Wildman–Crippen LogP) is 1.18. The van der Waals surface area contributed by atoms with Crippen LogP contribution in [0.15, 0.2) is 29.5 Å². The van der Waals surface area contributed by atoms with E-state index in [2.05, 4.69) is 10.5 Å². The van der Waals surface area contributed by atoms with Gasteiger partial charge < -0.3 is 5.32 Å². The molecule has 2 amide bonds. The Morgan fingerprint density at radius 2 is 1.94 bits per heavy atom. The summed E-state index contributed by atoms with van der Waals surface area (Å²) >= 11 is 0. The van der Waals surface area contributed by atoms with Crippen molar-refractivity contribution in [3.8, 4) is 0 Å². The van der Waals surface area contributed by atoms with Crippen LogP contribution in [0.25, 0.3) is 0 Å². The zero-order chi connectivity index (χ0) is 12.7. The molecule has 0 aliphatic rings. The SMILES string of the molecule is Cc1ccc(C(=O)NCCC(=O)NN=N)cc1. The molecule has 0 unspecified atom stereocenters. The van der Waals surface area contributed by atoms with Gasteiger partial charge in [-0.3, -0.25) is 9.59 Å². The molecule has 1 aromatic carbocycles. The molecular weight excluding hydrogens is 220 g/mol. The number of hydrogen-bond donors (Lipinski definition) is 3. The van der Waals surface area contributed by atoms with Gasteiger partial charge in [0.05, 0.1) is 0 Å². The summed E-state index contributed by atoms with van der Waals surface area (Å²) in [6.07, 6.45) is 0.0972. The van der Waals surface area contributed by atoms with Crippen LogP contribution in [0.2, 0.25) is 0 Å². The molecule has 0 bridgehead atoms. The van der Waals surface area contributed by atoms with E-state index in [4.69, 9.17) is 5.53 Å². The van der Waals surface area contributed by atoms with Crippen LogP contribution >= 0.6 is 0 Å². The van der Waals surface area contributed by atoms with Crippen LogP contribution in [0.5, 0.6) is 0 Å². The van der Waals surface area contributed by atoms with Gasteiger partial charge in [0.2, 0.25) is 5.91 Å². The van der Waals surface area contributed by atoms with Gasteiger partial charge >= 0.3 is 0 Å². The average molecular weight is 234 g/mol. The number of amides is 2. The molecule has 1 aromatic rings. The number of benzene rings is 1. The second-order valence-corrected chi connectivity index (χ2v) is 3.52. The summed E-state index contributed by atoms with van der Waals surface area (Å²) in [6, 6.07) is 7.15. The lowest BCUT2D eigenvalue weighted by atomic mass is 10.1. The first kappa shape index (κ1) is 12.8. The van der Waals surface area contributed by atoms with Gasteiger partial charge in [-0.25, -0.2) is 5.43 Å². The molecule has 0 saturated carbocycles. The first-order chi connectivity index (χ1) is 8.13. The molecule has 0 saturated heterocycles. The predicted molar refractivity (Wildman–Crippen MR) is 61.4 cm³/mol. The van der Waals surface area contributed by atoms with Crippen molar-refractivity contribution in [2.45, 2.75) is 13.3 Å². The van der Waals surface area contributed by atoms with Crippen molar-refractivity contribution in [2.24, 2.45) is 5.22 Å². The molecular formula is C11H14N4O2. The minimum absolute atomic E-state index is 0.0972. The van der Waals surface area contributed by atoms with Crippen LogP contribution in [0, 0.1) is 12.5 Å². The fourth-order valence-electron chi connectivity index (χ4n) is 1.21. The van der Waals surface area contributed by atoms with Gasteiger partial charge in [-0.1, -0.05) is 22.9 Å². The van der Waals surface area contributed by atoms with Crippen LogP contribution in [0.4, 0.5) is 0 Å². The van der Waals surface area contributed by atoms with Gasteiger partial charge in [0.25, 0.3) is 5.91 Å². The van der Waals surface area contributed by atoms with Crippen LogP contribution in [0.1, 0.15) is 22.3 Å². The van der Waals surface area contributed by atoms with Gasteiger partial charge in [-0.15, -0.1) is 0 Å². The van der Waals surface area contributed by atoms with E-state index in [0.29, 0.717) is 5.56 Å². The van der Waals surface area contributed by atoms with Crippen molar-refractivity contribution in [3.63, 3.8) is 0 Å². The minimum Gasteiger partial charge on any atom is -0.352 e. The van der Waals surface area contributed by atoms with Crippen LogP contribution < -0.4 is 10.7 Å². The number of nitrogens with one attached hydrogen (secondary N) is 3. The van der Waals surface area contributed by atoms with Gasteiger partial charge in [0.15, 0.2) is 0 Å². The molecule has 3 N–H and O–H groups in total. The van der Waals surface area contributed by atoms with E-state index in [1.165, 1.54) is 0 Å². The molecule has 0 aliphatic heterocycles. The second kappa shape index (κ2) is 6.37. The number of nitrogens with zero attached hydrogens (tertiary/aromatic N) is 1. The number of carbonyl (C=O) groups excluding carboxylic acids is 2. The summed E-state index contributed by atoms with van der Waals surface area (Å²) in [5.74, 6) is -0.621. The third-order valence-electron chi connectivity index (χ3n) is 2.13. The van der Waals surface area contributed by atoms with Crippen LogP contribution in [-0.2, 0) is 4.79 Å². The smallest absolute Gasteiger partial charge is 0.251 e. The minimum atomic E-state index is -0.399. The van der Waals surface area contributed by atoms with Crippen molar-refractivity contribution in [1.29, 1.82) is 5.53 Å². The molecule has 0 aliphatic carbocycles. The molecule has 1 rings (SSSR count). The molecule has 0 fully saturated rings. The van der Waals surface area contributed by atoms with Gasteiger partial charge in [0.1, 0.15) is 0 Å². The third-order valence-corrected chi connectivity index (χ3v) is 2.13. The molecule has 0 radical (unpaired) electrons. The van der Waals surface area contributed by atoms with Crippen LogP contribution in [-0.4, -0.2) is 18.4 Å². The molecule has 0 heterocycles. The topological polar surface area (TPSA) is 94.4 Å². The Balaban J connectivity index is 2.37. The van der Waals surface area contributed by atoms with E-state index in [0.717, 1.165) is 5.56 Å². The summed E-state index contributed by atoms with van der Waals surface area (Å²) < 4.78 is 0. The summed E-state index contributed by atoms with van der Waals surface area (Å²) in [7, 11) is 0. The number of carbonyl (C=O) groups is 2. The lowest BCUT2D eigenvalue weighted by Crippen LogP contribution is -2.28.